The van der Waals surface area contributed by atoms with Crippen LogP contribution >= 0.6 is 12.6 Å². The topological polar surface area (TPSA) is 26.0 Å². The lowest BCUT2D eigenvalue weighted by Gasteiger charge is -1.70. The number of aromatic nitrogens is 1. The summed E-state index contributed by atoms with van der Waals surface area (Å²) in [4.78, 5) is 4.01. The van der Waals surface area contributed by atoms with Crippen LogP contribution in [0.1, 0.15) is 13.8 Å². The SMILES string of the molecule is C/C=c1/nc(S)o/c1=C/C. The summed E-state index contributed by atoms with van der Waals surface area (Å²) in [6.45, 7) is 3.82. The van der Waals surface area contributed by atoms with Crippen LogP contribution in [0.25, 0.3) is 12.2 Å². The van der Waals surface area contributed by atoms with Crippen LogP contribution in [0.3, 0.4) is 0 Å². The second-order valence-electron chi connectivity index (χ2n) is 1.82. The number of hydrogen-bond acceptors (Lipinski definition) is 3. The summed E-state index contributed by atoms with van der Waals surface area (Å²) in [6.07, 6.45) is 3.75. The van der Waals surface area contributed by atoms with Gasteiger partial charge in [-0.15, -0.1) is 0 Å². The van der Waals surface area contributed by atoms with Crippen LogP contribution in [0, 0.1) is 0 Å². The number of thiol groups is 1. The highest BCUT2D eigenvalue weighted by molar-refractivity contribution is 7.80. The van der Waals surface area contributed by atoms with Crippen molar-refractivity contribution in [3.63, 3.8) is 0 Å². The minimum atomic E-state index is 0.418. The molecule has 1 aromatic heterocycles. The fraction of sp³-hybridized carbons (Fsp3) is 0.286. The Kier molecular flexibility index (Phi) is 2.17. The zero-order chi connectivity index (χ0) is 7.56. The van der Waals surface area contributed by atoms with Crippen molar-refractivity contribution >= 4 is 24.8 Å². The molecule has 1 rings (SSSR count). The van der Waals surface area contributed by atoms with Crippen LogP contribution in [0.15, 0.2) is 9.64 Å². The Morgan fingerprint density at radius 3 is 2.50 bits per heavy atom. The highest BCUT2D eigenvalue weighted by Crippen LogP contribution is 1.90. The van der Waals surface area contributed by atoms with E-state index < -0.39 is 0 Å². The summed E-state index contributed by atoms with van der Waals surface area (Å²) in [7, 11) is 0. The van der Waals surface area contributed by atoms with Crippen molar-refractivity contribution in [2.45, 2.75) is 19.1 Å². The molecule has 0 fully saturated rings. The summed E-state index contributed by atoms with van der Waals surface area (Å²) < 4.78 is 5.12. The van der Waals surface area contributed by atoms with Crippen molar-refractivity contribution in [2.75, 3.05) is 0 Å². The molecule has 0 aliphatic carbocycles. The third-order valence-electron chi connectivity index (χ3n) is 1.21. The molecular formula is C7H9NOS. The third kappa shape index (κ3) is 1.24. The van der Waals surface area contributed by atoms with E-state index in [2.05, 4.69) is 17.6 Å². The first kappa shape index (κ1) is 7.41. The molecule has 0 N–H and O–H groups in total. The molecule has 0 aliphatic heterocycles. The molecule has 10 heavy (non-hydrogen) atoms. The molecule has 3 heteroatoms. The molecule has 0 amide bonds. The Balaban J connectivity index is 3.53. The number of oxazole rings is 1. The van der Waals surface area contributed by atoms with Gasteiger partial charge >= 0.3 is 0 Å². The van der Waals surface area contributed by atoms with E-state index in [1.165, 1.54) is 0 Å². The molecule has 1 aromatic rings. The summed E-state index contributed by atoms with van der Waals surface area (Å²) in [5, 5.41) is 1.27. The van der Waals surface area contributed by atoms with Gasteiger partial charge in [0.15, 0.2) is 5.42 Å². The van der Waals surface area contributed by atoms with E-state index in [4.69, 9.17) is 4.42 Å². The monoisotopic (exact) mass is 155 g/mol. The zero-order valence-electron chi connectivity index (χ0n) is 5.96. The largest absolute Gasteiger partial charge is 0.432 e. The zero-order valence-corrected chi connectivity index (χ0v) is 6.85. The minimum absolute atomic E-state index is 0.418. The van der Waals surface area contributed by atoms with Gasteiger partial charge in [0.05, 0.1) is 0 Å². The van der Waals surface area contributed by atoms with Crippen molar-refractivity contribution in [1.29, 1.82) is 0 Å². The number of nitrogens with zero attached hydrogens (tertiary/aromatic N) is 1. The van der Waals surface area contributed by atoms with E-state index in [-0.39, 0.29) is 0 Å². The summed E-state index contributed by atoms with van der Waals surface area (Å²) in [6, 6.07) is 0. The maximum absolute atomic E-state index is 5.12. The van der Waals surface area contributed by atoms with Gasteiger partial charge in [0.25, 0.3) is 5.22 Å². The first-order valence-corrected chi connectivity index (χ1v) is 3.51. The Bertz CT molecular complexity index is 294. The summed E-state index contributed by atoms with van der Waals surface area (Å²) >= 11 is 3.97. The molecule has 2 nitrogen and oxygen atoms in total. The second-order valence-corrected chi connectivity index (χ2v) is 2.21. The van der Waals surface area contributed by atoms with Gasteiger partial charge in [0.2, 0.25) is 0 Å². The Labute approximate surface area is 64.7 Å². The first-order valence-electron chi connectivity index (χ1n) is 3.06. The quantitative estimate of drug-likeness (QED) is 0.554. The predicted molar refractivity (Wildman–Crippen MR) is 43.3 cm³/mol. The summed E-state index contributed by atoms with van der Waals surface area (Å²) in [5.74, 6) is 0. The lowest BCUT2D eigenvalue weighted by Crippen LogP contribution is -2.20. The number of hydrogen-bond donors (Lipinski definition) is 1. The molecule has 0 radical (unpaired) electrons. The van der Waals surface area contributed by atoms with Crippen molar-refractivity contribution < 1.29 is 4.42 Å². The van der Waals surface area contributed by atoms with Gasteiger partial charge in [-0.3, -0.25) is 0 Å². The van der Waals surface area contributed by atoms with E-state index >= 15 is 0 Å². The van der Waals surface area contributed by atoms with Gasteiger partial charge in [-0.25, -0.2) is 4.98 Å². The molecular weight excluding hydrogens is 146 g/mol. The lowest BCUT2D eigenvalue weighted by atomic mass is 10.5. The van der Waals surface area contributed by atoms with Crippen molar-refractivity contribution in [3.8, 4) is 0 Å². The predicted octanol–water partition coefficient (Wildman–Crippen LogP) is 0.564. The average molecular weight is 155 g/mol. The molecule has 0 aromatic carbocycles. The Morgan fingerprint density at radius 1 is 1.40 bits per heavy atom. The molecule has 0 atom stereocenters. The van der Waals surface area contributed by atoms with Gasteiger partial charge in [0.1, 0.15) is 5.35 Å². The second kappa shape index (κ2) is 2.92. The maximum atomic E-state index is 5.12. The fourth-order valence-electron chi connectivity index (χ4n) is 0.745. The van der Waals surface area contributed by atoms with Gasteiger partial charge in [0, 0.05) is 0 Å². The van der Waals surface area contributed by atoms with E-state index in [0.717, 1.165) is 10.8 Å². The smallest absolute Gasteiger partial charge is 0.253 e. The van der Waals surface area contributed by atoms with Crippen LogP contribution in [0.2, 0.25) is 0 Å². The first-order chi connectivity index (χ1) is 4.77. The molecule has 54 valence electrons. The molecule has 0 saturated heterocycles. The normalized spacial score (nSPS) is 14.7. The average Bonchev–Trinajstić information content (AvgIpc) is 2.30. The third-order valence-corrected chi connectivity index (χ3v) is 1.40. The van der Waals surface area contributed by atoms with Crippen molar-refractivity contribution in [3.05, 3.63) is 10.8 Å². The van der Waals surface area contributed by atoms with E-state index in [1.54, 1.807) is 0 Å². The molecule has 0 spiro atoms. The van der Waals surface area contributed by atoms with Gasteiger partial charge in [-0.05, 0) is 19.9 Å². The summed E-state index contributed by atoms with van der Waals surface area (Å²) in [5.41, 5.74) is 0.785. The standard InChI is InChI=1S/C7H9NOS/c1-3-5-6(4-2)9-7(10)8-5/h3-4H,1-2H3,(H,8,10)/b5-3+,6-4+. The van der Waals surface area contributed by atoms with E-state index in [0.29, 0.717) is 5.22 Å². The van der Waals surface area contributed by atoms with Crippen molar-refractivity contribution in [2.24, 2.45) is 0 Å². The molecule has 0 unspecified atom stereocenters. The maximum Gasteiger partial charge on any atom is 0.253 e. The number of rotatable bonds is 0. The van der Waals surface area contributed by atoms with Crippen LogP contribution < -0.4 is 10.8 Å². The molecule has 0 bridgehead atoms. The van der Waals surface area contributed by atoms with Crippen LogP contribution in [0.4, 0.5) is 0 Å². The lowest BCUT2D eigenvalue weighted by molar-refractivity contribution is 0.430. The highest BCUT2D eigenvalue weighted by Gasteiger charge is 1.92. The fourth-order valence-corrected chi connectivity index (χ4v) is 0.951. The highest BCUT2D eigenvalue weighted by atomic mass is 32.1. The van der Waals surface area contributed by atoms with Gasteiger partial charge in [-0.1, -0.05) is 18.7 Å². The van der Waals surface area contributed by atoms with Crippen LogP contribution in [-0.2, 0) is 0 Å². The minimum Gasteiger partial charge on any atom is -0.432 e. The Hall–Kier alpha value is -0.700. The van der Waals surface area contributed by atoms with Gasteiger partial charge in [-0.2, -0.15) is 0 Å². The molecule has 1 heterocycles. The van der Waals surface area contributed by atoms with E-state index in [9.17, 15) is 0 Å². The van der Waals surface area contributed by atoms with Crippen LogP contribution in [0.5, 0.6) is 0 Å². The van der Waals surface area contributed by atoms with Crippen LogP contribution in [-0.4, -0.2) is 4.98 Å². The van der Waals surface area contributed by atoms with Gasteiger partial charge < -0.3 is 4.42 Å². The Morgan fingerprint density at radius 2 is 2.10 bits per heavy atom. The molecule has 0 saturated carbocycles. The van der Waals surface area contributed by atoms with E-state index in [1.807, 2.05) is 26.0 Å². The molecule has 0 aliphatic rings. The van der Waals surface area contributed by atoms with Crippen molar-refractivity contribution in [1.82, 2.24) is 4.98 Å².